The van der Waals surface area contributed by atoms with Crippen molar-refractivity contribution in [2.24, 2.45) is 5.92 Å². The Labute approximate surface area is 143 Å². The molecule has 1 rings (SSSR count). The number of aliphatic carboxylic acids is 1. The SMILES string of the molecule is CCCCCCCC[C@H]1OCCC[C@@H]1CCCCCCC(=O)O. The Morgan fingerprint density at radius 3 is 2.35 bits per heavy atom. The molecule has 23 heavy (non-hydrogen) atoms. The number of carboxylic acid groups (broad SMARTS) is 1. The molecular formula is C20H38O3. The summed E-state index contributed by atoms with van der Waals surface area (Å²) in [6.45, 7) is 3.22. The average Bonchev–Trinajstić information content (AvgIpc) is 2.55. The van der Waals surface area contributed by atoms with Gasteiger partial charge in [-0.05, 0) is 38.0 Å². The van der Waals surface area contributed by atoms with E-state index in [0.717, 1.165) is 25.4 Å². The van der Waals surface area contributed by atoms with E-state index < -0.39 is 5.97 Å². The largest absolute Gasteiger partial charge is 0.481 e. The van der Waals surface area contributed by atoms with Crippen LogP contribution >= 0.6 is 0 Å². The highest BCUT2D eigenvalue weighted by Gasteiger charge is 2.24. The quantitative estimate of drug-likeness (QED) is 0.401. The van der Waals surface area contributed by atoms with Gasteiger partial charge in [-0.1, -0.05) is 64.7 Å². The van der Waals surface area contributed by atoms with Gasteiger partial charge in [-0.15, -0.1) is 0 Å². The van der Waals surface area contributed by atoms with Crippen molar-refractivity contribution < 1.29 is 14.6 Å². The summed E-state index contributed by atoms with van der Waals surface area (Å²) in [6.07, 6.45) is 18.3. The standard InChI is InChI=1S/C20H38O3/c1-2-3-4-5-6-10-15-19-18(14-12-17-23-19)13-9-7-8-11-16-20(21)22/h18-19H,2-17H2,1H3,(H,21,22)/t18-,19+/m0/s1. The first-order valence-electron chi connectivity index (χ1n) is 10.1. The van der Waals surface area contributed by atoms with Crippen molar-refractivity contribution in [3.8, 4) is 0 Å². The summed E-state index contributed by atoms with van der Waals surface area (Å²) in [7, 11) is 0. The van der Waals surface area contributed by atoms with Crippen LogP contribution in [0.4, 0.5) is 0 Å². The fourth-order valence-corrected chi connectivity index (χ4v) is 3.71. The van der Waals surface area contributed by atoms with Crippen LogP contribution in [0.5, 0.6) is 0 Å². The fraction of sp³-hybridized carbons (Fsp3) is 0.950. The molecule has 0 amide bonds. The van der Waals surface area contributed by atoms with Gasteiger partial charge in [0.05, 0.1) is 6.10 Å². The molecule has 0 unspecified atom stereocenters. The van der Waals surface area contributed by atoms with Gasteiger partial charge < -0.3 is 9.84 Å². The zero-order chi connectivity index (χ0) is 16.8. The molecule has 0 saturated carbocycles. The van der Waals surface area contributed by atoms with E-state index in [1.165, 1.54) is 77.0 Å². The number of hydrogen-bond donors (Lipinski definition) is 1. The third kappa shape index (κ3) is 10.8. The van der Waals surface area contributed by atoms with Crippen LogP contribution in [0.1, 0.15) is 103 Å². The molecule has 0 aromatic heterocycles. The average molecular weight is 327 g/mol. The first kappa shape index (κ1) is 20.5. The molecule has 1 aliphatic heterocycles. The third-order valence-electron chi connectivity index (χ3n) is 5.13. The summed E-state index contributed by atoms with van der Waals surface area (Å²) in [4.78, 5) is 10.5. The van der Waals surface area contributed by atoms with Crippen LogP contribution in [0.2, 0.25) is 0 Å². The minimum Gasteiger partial charge on any atom is -0.481 e. The lowest BCUT2D eigenvalue weighted by atomic mass is 9.86. The molecule has 0 bridgehead atoms. The second kappa shape index (κ2) is 13.8. The Kier molecular flexibility index (Phi) is 12.3. The fourth-order valence-electron chi connectivity index (χ4n) is 3.71. The van der Waals surface area contributed by atoms with Crippen molar-refractivity contribution in [2.75, 3.05) is 6.61 Å². The van der Waals surface area contributed by atoms with Crippen LogP contribution < -0.4 is 0 Å². The van der Waals surface area contributed by atoms with Gasteiger partial charge in [0.25, 0.3) is 0 Å². The van der Waals surface area contributed by atoms with Gasteiger partial charge in [-0.3, -0.25) is 4.79 Å². The normalized spacial score (nSPS) is 21.4. The van der Waals surface area contributed by atoms with Gasteiger partial charge in [0.2, 0.25) is 0 Å². The van der Waals surface area contributed by atoms with Crippen molar-refractivity contribution in [2.45, 2.75) is 109 Å². The van der Waals surface area contributed by atoms with Crippen LogP contribution in [0.3, 0.4) is 0 Å². The number of carbonyl (C=O) groups is 1. The molecule has 3 nitrogen and oxygen atoms in total. The van der Waals surface area contributed by atoms with Gasteiger partial charge in [-0.25, -0.2) is 0 Å². The number of carboxylic acids is 1. The van der Waals surface area contributed by atoms with E-state index in [2.05, 4.69) is 6.92 Å². The van der Waals surface area contributed by atoms with Crippen LogP contribution in [-0.4, -0.2) is 23.8 Å². The number of unbranched alkanes of at least 4 members (excludes halogenated alkanes) is 8. The van der Waals surface area contributed by atoms with E-state index in [9.17, 15) is 4.79 Å². The van der Waals surface area contributed by atoms with Crippen molar-refractivity contribution in [1.82, 2.24) is 0 Å². The maximum absolute atomic E-state index is 10.5. The molecule has 2 atom stereocenters. The predicted molar refractivity (Wildman–Crippen MR) is 95.8 cm³/mol. The van der Waals surface area contributed by atoms with E-state index >= 15 is 0 Å². The summed E-state index contributed by atoms with van der Waals surface area (Å²) >= 11 is 0. The minimum atomic E-state index is -0.662. The minimum absolute atomic E-state index is 0.327. The topological polar surface area (TPSA) is 46.5 Å². The summed E-state index contributed by atoms with van der Waals surface area (Å²) in [5.41, 5.74) is 0. The molecule has 1 saturated heterocycles. The van der Waals surface area contributed by atoms with Crippen LogP contribution in [0.15, 0.2) is 0 Å². The summed E-state index contributed by atoms with van der Waals surface area (Å²) < 4.78 is 6.05. The molecule has 1 heterocycles. The Morgan fingerprint density at radius 1 is 0.957 bits per heavy atom. The molecule has 1 aliphatic rings. The van der Waals surface area contributed by atoms with Gasteiger partial charge in [0, 0.05) is 13.0 Å². The first-order chi connectivity index (χ1) is 11.2. The molecule has 136 valence electrons. The number of ether oxygens (including phenoxy) is 1. The van der Waals surface area contributed by atoms with Crippen molar-refractivity contribution in [3.63, 3.8) is 0 Å². The van der Waals surface area contributed by atoms with Crippen LogP contribution in [0, 0.1) is 5.92 Å². The van der Waals surface area contributed by atoms with Gasteiger partial charge >= 0.3 is 5.97 Å². The van der Waals surface area contributed by atoms with Gasteiger partial charge in [0.1, 0.15) is 0 Å². The zero-order valence-electron chi connectivity index (χ0n) is 15.2. The van der Waals surface area contributed by atoms with E-state index in [1.807, 2.05) is 0 Å². The Morgan fingerprint density at radius 2 is 1.61 bits per heavy atom. The van der Waals surface area contributed by atoms with Crippen molar-refractivity contribution in [1.29, 1.82) is 0 Å². The summed E-state index contributed by atoms with van der Waals surface area (Å²) in [6, 6.07) is 0. The third-order valence-corrected chi connectivity index (χ3v) is 5.13. The van der Waals surface area contributed by atoms with E-state index in [0.29, 0.717) is 12.5 Å². The van der Waals surface area contributed by atoms with E-state index in [1.54, 1.807) is 0 Å². The Hall–Kier alpha value is -0.570. The lowest BCUT2D eigenvalue weighted by molar-refractivity contribution is -0.137. The molecule has 1 fully saturated rings. The predicted octanol–water partition coefficient (Wildman–Crippen LogP) is 5.96. The second-order valence-corrected chi connectivity index (χ2v) is 7.21. The smallest absolute Gasteiger partial charge is 0.303 e. The molecule has 0 aromatic rings. The lowest BCUT2D eigenvalue weighted by Gasteiger charge is -2.32. The second-order valence-electron chi connectivity index (χ2n) is 7.21. The summed E-state index contributed by atoms with van der Waals surface area (Å²) in [5, 5.41) is 8.64. The van der Waals surface area contributed by atoms with Gasteiger partial charge in [-0.2, -0.15) is 0 Å². The molecular weight excluding hydrogens is 288 g/mol. The van der Waals surface area contributed by atoms with Gasteiger partial charge in [0.15, 0.2) is 0 Å². The first-order valence-corrected chi connectivity index (χ1v) is 10.1. The highest BCUT2D eigenvalue weighted by atomic mass is 16.5. The summed E-state index contributed by atoms with van der Waals surface area (Å²) in [5.74, 6) is 0.0866. The van der Waals surface area contributed by atoms with E-state index in [-0.39, 0.29) is 0 Å². The molecule has 0 spiro atoms. The molecule has 0 radical (unpaired) electrons. The van der Waals surface area contributed by atoms with Crippen LogP contribution in [0.25, 0.3) is 0 Å². The molecule has 1 N–H and O–H groups in total. The highest BCUT2D eigenvalue weighted by molar-refractivity contribution is 5.66. The molecule has 0 aromatic carbocycles. The highest BCUT2D eigenvalue weighted by Crippen LogP contribution is 2.29. The van der Waals surface area contributed by atoms with Crippen molar-refractivity contribution in [3.05, 3.63) is 0 Å². The molecule has 0 aliphatic carbocycles. The number of hydrogen-bond acceptors (Lipinski definition) is 2. The number of rotatable bonds is 14. The Bertz CT molecular complexity index is 291. The van der Waals surface area contributed by atoms with Crippen LogP contribution in [-0.2, 0) is 9.53 Å². The maximum atomic E-state index is 10.5. The zero-order valence-corrected chi connectivity index (χ0v) is 15.2. The molecule has 3 heteroatoms. The maximum Gasteiger partial charge on any atom is 0.303 e. The lowest BCUT2D eigenvalue weighted by Crippen LogP contribution is -2.29. The van der Waals surface area contributed by atoms with Crippen molar-refractivity contribution >= 4 is 5.97 Å². The Balaban J connectivity index is 2.07. The van der Waals surface area contributed by atoms with E-state index in [4.69, 9.17) is 9.84 Å². The monoisotopic (exact) mass is 326 g/mol.